The van der Waals surface area contributed by atoms with E-state index < -0.39 is 0 Å². The average molecular weight is 412 g/mol. The predicted molar refractivity (Wildman–Crippen MR) is 91.1 cm³/mol. The lowest BCUT2D eigenvalue weighted by Crippen LogP contribution is -2.36. The third-order valence-electron chi connectivity index (χ3n) is 3.05. The van der Waals surface area contributed by atoms with Gasteiger partial charge in [-0.3, -0.25) is 9.78 Å². The highest BCUT2D eigenvalue weighted by molar-refractivity contribution is 9.11. The number of carbonyl (C=O) groups is 1. The van der Waals surface area contributed by atoms with Crippen molar-refractivity contribution in [2.24, 2.45) is 0 Å². The van der Waals surface area contributed by atoms with Gasteiger partial charge in [0.1, 0.15) is 0 Å². The highest BCUT2D eigenvalue weighted by atomic mass is 79.9. The van der Waals surface area contributed by atoms with Gasteiger partial charge in [0.15, 0.2) is 0 Å². The van der Waals surface area contributed by atoms with Crippen LogP contribution in [0.25, 0.3) is 0 Å². The quantitative estimate of drug-likeness (QED) is 0.733. The van der Waals surface area contributed by atoms with Gasteiger partial charge < -0.3 is 4.90 Å². The maximum atomic E-state index is 12.8. The summed E-state index contributed by atoms with van der Waals surface area (Å²) in [7, 11) is 0. The van der Waals surface area contributed by atoms with E-state index in [-0.39, 0.29) is 11.9 Å². The van der Waals surface area contributed by atoms with Crippen LogP contribution in [0.4, 0.5) is 0 Å². The summed E-state index contributed by atoms with van der Waals surface area (Å²) in [6, 6.07) is 11.4. The second-order valence-corrected chi connectivity index (χ2v) is 6.84. The predicted octanol–water partition coefficient (Wildman–Crippen LogP) is 4.66. The summed E-state index contributed by atoms with van der Waals surface area (Å²) in [5.41, 5.74) is 1.54. The summed E-state index contributed by atoms with van der Waals surface area (Å²) in [5, 5.41) is 0. The molecule has 0 spiro atoms. The van der Waals surface area contributed by atoms with Gasteiger partial charge in [0.05, 0.1) is 12.2 Å². The minimum Gasteiger partial charge on any atom is -0.330 e. The monoisotopic (exact) mass is 410 g/mol. The normalized spacial score (nSPS) is 10.7. The van der Waals surface area contributed by atoms with Crippen LogP contribution in [0.15, 0.2) is 51.5 Å². The molecule has 0 atom stereocenters. The van der Waals surface area contributed by atoms with Crippen molar-refractivity contribution in [3.05, 3.63) is 62.8 Å². The Kier molecular flexibility index (Phi) is 5.53. The van der Waals surface area contributed by atoms with Crippen LogP contribution in [0.1, 0.15) is 29.9 Å². The van der Waals surface area contributed by atoms with E-state index in [4.69, 9.17) is 0 Å². The highest BCUT2D eigenvalue weighted by Gasteiger charge is 2.20. The Bertz CT molecular complexity index is 609. The van der Waals surface area contributed by atoms with Crippen molar-refractivity contribution in [3.8, 4) is 0 Å². The molecule has 1 heterocycles. The highest BCUT2D eigenvalue weighted by Crippen LogP contribution is 2.22. The van der Waals surface area contributed by atoms with Crippen molar-refractivity contribution in [1.82, 2.24) is 9.88 Å². The number of nitrogens with zero attached hydrogens (tertiary/aromatic N) is 2. The lowest BCUT2D eigenvalue weighted by atomic mass is 10.1. The molecule has 1 aromatic heterocycles. The van der Waals surface area contributed by atoms with Crippen molar-refractivity contribution < 1.29 is 4.79 Å². The number of carbonyl (C=O) groups excluding carboxylic acids is 1. The second kappa shape index (κ2) is 7.18. The molecule has 2 aromatic rings. The van der Waals surface area contributed by atoms with Crippen molar-refractivity contribution >= 4 is 37.8 Å². The summed E-state index contributed by atoms with van der Waals surface area (Å²) >= 11 is 6.84. The number of hydrogen-bond acceptors (Lipinski definition) is 2. The second-order valence-electron chi connectivity index (χ2n) is 5.01. The van der Waals surface area contributed by atoms with Crippen molar-refractivity contribution in [2.45, 2.75) is 26.4 Å². The van der Waals surface area contributed by atoms with Crippen LogP contribution in [0.3, 0.4) is 0 Å². The van der Waals surface area contributed by atoms with E-state index in [1.54, 1.807) is 6.20 Å². The molecular formula is C16H16Br2N2O. The first-order valence-corrected chi connectivity index (χ1v) is 8.23. The molecule has 1 aromatic carbocycles. The van der Waals surface area contributed by atoms with Gasteiger partial charge in [0, 0.05) is 26.7 Å². The van der Waals surface area contributed by atoms with Gasteiger partial charge in [0.2, 0.25) is 0 Å². The summed E-state index contributed by atoms with van der Waals surface area (Å²) in [4.78, 5) is 18.9. The van der Waals surface area contributed by atoms with Gasteiger partial charge >= 0.3 is 0 Å². The molecule has 0 fully saturated rings. The molecule has 2 rings (SSSR count). The molecule has 1 amide bonds. The van der Waals surface area contributed by atoms with Crippen LogP contribution in [-0.2, 0) is 6.54 Å². The third-order valence-corrected chi connectivity index (χ3v) is 3.97. The summed E-state index contributed by atoms with van der Waals surface area (Å²) in [6.07, 6.45) is 1.74. The zero-order valence-corrected chi connectivity index (χ0v) is 15.1. The first-order valence-electron chi connectivity index (χ1n) is 6.64. The number of halogens is 2. The molecule has 0 bridgehead atoms. The number of rotatable bonds is 4. The molecule has 0 radical (unpaired) electrons. The number of pyridine rings is 1. The van der Waals surface area contributed by atoms with Gasteiger partial charge in [-0.25, -0.2) is 0 Å². The topological polar surface area (TPSA) is 33.2 Å². The molecule has 0 N–H and O–H groups in total. The van der Waals surface area contributed by atoms with Gasteiger partial charge in [-0.15, -0.1) is 0 Å². The molecule has 0 aliphatic heterocycles. The Morgan fingerprint density at radius 1 is 1.19 bits per heavy atom. The first kappa shape index (κ1) is 16.2. The molecule has 0 aliphatic carbocycles. The third kappa shape index (κ3) is 4.38. The maximum absolute atomic E-state index is 12.8. The summed E-state index contributed by atoms with van der Waals surface area (Å²) in [6.45, 7) is 4.52. The van der Waals surface area contributed by atoms with Gasteiger partial charge in [0.25, 0.3) is 5.91 Å². The van der Waals surface area contributed by atoms with Gasteiger partial charge in [-0.2, -0.15) is 0 Å². The molecule has 5 heteroatoms. The minimum absolute atomic E-state index is 0.00217. The number of hydrogen-bond donors (Lipinski definition) is 0. The standard InChI is InChI=1S/C16H16Br2N2O/c1-11(2)20(10-15-5-3-4-6-19-15)16(21)12-7-13(17)9-14(18)8-12/h3-9,11H,10H2,1-2H3. The number of amides is 1. The lowest BCUT2D eigenvalue weighted by Gasteiger charge is -2.26. The van der Waals surface area contributed by atoms with Gasteiger partial charge in [-0.05, 0) is 44.2 Å². The molecule has 110 valence electrons. The molecule has 3 nitrogen and oxygen atoms in total. The molecule has 0 unspecified atom stereocenters. The largest absolute Gasteiger partial charge is 0.330 e. The SMILES string of the molecule is CC(C)N(Cc1ccccn1)C(=O)c1cc(Br)cc(Br)c1. The fraction of sp³-hybridized carbons (Fsp3) is 0.250. The molecule has 0 saturated heterocycles. The smallest absolute Gasteiger partial charge is 0.254 e. The van der Waals surface area contributed by atoms with E-state index >= 15 is 0 Å². The maximum Gasteiger partial charge on any atom is 0.254 e. The Labute approximate surface area is 141 Å². The summed E-state index contributed by atoms with van der Waals surface area (Å²) in [5.74, 6) is -0.00217. The van der Waals surface area contributed by atoms with Crippen molar-refractivity contribution in [3.63, 3.8) is 0 Å². The Hall–Kier alpha value is -1.20. The van der Waals surface area contributed by atoms with Crippen LogP contribution < -0.4 is 0 Å². The first-order chi connectivity index (χ1) is 9.97. The Balaban J connectivity index is 2.27. The van der Waals surface area contributed by atoms with Crippen LogP contribution in [0, 0.1) is 0 Å². The van der Waals surface area contributed by atoms with E-state index in [2.05, 4.69) is 36.8 Å². The Morgan fingerprint density at radius 3 is 2.38 bits per heavy atom. The van der Waals surface area contributed by atoms with E-state index in [0.29, 0.717) is 12.1 Å². The molecule has 21 heavy (non-hydrogen) atoms. The summed E-state index contributed by atoms with van der Waals surface area (Å²) < 4.78 is 1.75. The zero-order chi connectivity index (χ0) is 15.4. The zero-order valence-electron chi connectivity index (χ0n) is 11.9. The van der Waals surface area contributed by atoms with Crippen molar-refractivity contribution in [1.29, 1.82) is 0 Å². The van der Waals surface area contributed by atoms with Crippen LogP contribution >= 0.6 is 31.9 Å². The molecule has 0 aliphatic rings. The van der Waals surface area contributed by atoms with E-state index in [0.717, 1.165) is 14.6 Å². The van der Waals surface area contributed by atoms with Crippen LogP contribution in [0.2, 0.25) is 0 Å². The molecular weight excluding hydrogens is 396 g/mol. The fourth-order valence-corrected chi connectivity index (χ4v) is 3.29. The lowest BCUT2D eigenvalue weighted by molar-refractivity contribution is 0.0687. The van der Waals surface area contributed by atoms with Crippen molar-refractivity contribution in [2.75, 3.05) is 0 Å². The average Bonchev–Trinajstić information content (AvgIpc) is 2.44. The molecule has 0 saturated carbocycles. The van der Waals surface area contributed by atoms with Crippen LogP contribution in [0.5, 0.6) is 0 Å². The minimum atomic E-state index is -0.00217. The van der Waals surface area contributed by atoms with Gasteiger partial charge in [-0.1, -0.05) is 37.9 Å². The van der Waals surface area contributed by atoms with E-state index in [1.165, 1.54) is 0 Å². The number of aromatic nitrogens is 1. The van der Waals surface area contributed by atoms with E-state index in [1.807, 2.05) is 55.1 Å². The fourth-order valence-electron chi connectivity index (χ4n) is 2.00. The van der Waals surface area contributed by atoms with Crippen LogP contribution in [-0.4, -0.2) is 21.8 Å². The Morgan fingerprint density at radius 2 is 1.86 bits per heavy atom. The number of benzene rings is 1. The van der Waals surface area contributed by atoms with E-state index in [9.17, 15) is 4.79 Å².